The van der Waals surface area contributed by atoms with Crippen molar-refractivity contribution in [2.45, 2.75) is 52.0 Å². The lowest BCUT2D eigenvalue weighted by Gasteiger charge is -2.33. The van der Waals surface area contributed by atoms with Gasteiger partial charge in [-0.1, -0.05) is 143 Å². The highest BCUT2D eigenvalue weighted by molar-refractivity contribution is 6.31. The molecule has 0 spiro atoms. The van der Waals surface area contributed by atoms with E-state index in [9.17, 15) is 0 Å². The SMILES string of the molecule is CC(C)c1ccc(N(c2ccccc2)c2cccc3c2c2cccc4c5cc6c(cc5n3c42)c2cccc3c4c(N(c5ccc(C(C)C)cc5)C5C=CC=CC5)cccc4n6c23)cc1. The summed E-state index contributed by atoms with van der Waals surface area (Å²) in [6.45, 7) is 9.05. The molecule has 0 bridgehead atoms. The second-order valence-corrected chi connectivity index (χ2v) is 18.5. The molecule has 4 heteroatoms. The average molecular weight is 825 g/mol. The van der Waals surface area contributed by atoms with Gasteiger partial charge in [-0.15, -0.1) is 0 Å². The average Bonchev–Trinajstić information content (AvgIpc) is 4.06. The van der Waals surface area contributed by atoms with Gasteiger partial charge in [-0.05, 0) is 102 Å². The molecule has 308 valence electrons. The summed E-state index contributed by atoms with van der Waals surface area (Å²) < 4.78 is 5.10. The van der Waals surface area contributed by atoms with Crippen LogP contribution >= 0.6 is 0 Å². The number of hydrogen-bond donors (Lipinski definition) is 0. The van der Waals surface area contributed by atoms with Gasteiger partial charge in [-0.3, -0.25) is 0 Å². The third-order valence-corrected chi connectivity index (χ3v) is 14.2. The van der Waals surface area contributed by atoms with Crippen LogP contribution in [0.25, 0.3) is 76.2 Å². The first-order valence-corrected chi connectivity index (χ1v) is 22.9. The zero-order valence-corrected chi connectivity index (χ0v) is 36.6. The van der Waals surface area contributed by atoms with E-state index < -0.39 is 0 Å². The largest absolute Gasteiger partial charge is 0.334 e. The van der Waals surface area contributed by atoms with Crippen molar-refractivity contribution in [1.82, 2.24) is 8.80 Å². The Morgan fingerprint density at radius 1 is 0.438 bits per heavy atom. The van der Waals surface area contributed by atoms with Gasteiger partial charge in [-0.2, -0.15) is 0 Å². The van der Waals surface area contributed by atoms with Crippen molar-refractivity contribution in [2.75, 3.05) is 9.80 Å². The fraction of sp³-hybridized carbons (Fsp3) is 0.133. The standard InChI is InChI=1S/C60H48N4/c1-37(2)39-27-31-43(32-28-39)61(41-15-7-5-8-16-41)51-23-13-25-53-57(51)47-21-11-19-45-49-36-56-50(35-55(49)63(53)59(45)47)46-20-12-22-48-58-52(24-14-26-54(58)64(56)60(46)48)62(42-17-9-6-10-18-42)44-33-29-40(30-34-44)38(3)4/h5-17,19-38,42H,18H2,1-4H3. The normalized spacial score (nSPS) is 14.5. The molecule has 1 atom stereocenters. The summed E-state index contributed by atoms with van der Waals surface area (Å²) in [5.74, 6) is 0.949. The molecule has 0 amide bonds. The number of anilines is 5. The van der Waals surface area contributed by atoms with Gasteiger partial charge in [0, 0.05) is 60.2 Å². The summed E-state index contributed by atoms with van der Waals surface area (Å²) >= 11 is 0. The molecule has 4 aromatic heterocycles. The van der Waals surface area contributed by atoms with Crippen LogP contribution in [0.15, 0.2) is 188 Å². The maximum absolute atomic E-state index is 2.57. The second kappa shape index (κ2) is 14.0. The predicted molar refractivity (Wildman–Crippen MR) is 274 cm³/mol. The summed E-state index contributed by atoms with van der Waals surface area (Å²) in [6, 6.07) is 62.0. The van der Waals surface area contributed by atoms with E-state index in [4.69, 9.17) is 0 Å². The molecule has 0 radical (unpaired) electrons. The third kappa shape index (κ3) is 5.23. The summed E-state index contributed by atoms with van der Waals surface area (Å²) in [5.41, 5.74) is 16.2. The molecule has 1 aliphatic carbocycles. The Morgan fingerprint density at radius 2 is 0.938 bits per heavy atom. The van der Waals surface area contributed by atoms with Gasteiger partial charge in [0.05, 0.1) is 50.5 Å². The van der Waals surface area contributed by atoms with Crippen LogP contribution in [-0.4, -0.2) is 14.8 Å². The third-order valence-electron chi connectivity index (χ3n) is 14.2. The van der Waals surface area contributed by atoms with E-state index in [0.29, 0.717) is 11.8 Å². The zero-order chi connectivity index (χ0) is 42.8. The van der Waals surface area contributed by atoms with Crippen molar-refractivity contribution in [1.29, 1.82) is 0 Å². The number of hydrogen-bond acceptors (Lipinski definition) is 2. The highest BCUT2D eigenvalue weighted by Crippen LogP contribution is 2.49. The molecule has 1 unspecified atom stereocenters. The second-order valence-electron chi connectivity index (χ2n) is 18.5. The number of rotatable bonds is 8. The molecule has 4 heterocycles. The molecule has 0 N–H and O–H groups in total. The zero-order valence-electron chi connectivity index (χ0n) is 36.6. The minimum atomic E-state index is 0.205. The Morgan fingerprint density at radius 3 is 1.48 bits per heavy atom. The van der Waals surface area contributed by atoms with E-state index in [2.05, 4.69) is 234 Å². The first-order valence-electron chi connectivity index (χ1n) is 22.9. The van der Waals surface area contributed by atoms with Gasteiger partial charge < -0.3 is 18.6 Å². The van der Waals surface area contributed by atoms with Gasteiger partial charge in [-0.25, -0.2) is 0 Å². The lowest BCUT2D eigenvalue weighted by molar-refractivity contribution is 0.786. The fourth-order valence-corrected chi connectivity index (χ4v) is 11.2. The number of fused-ring (bicyclic) bond motifs is 12. The van der Waals surface area contributed by atoms with Gasteiger partial charge >= 0.3 is 0 Å². The number of benzene rings is 8. The highest BCUT2D eigenvalue weighted by atomic mass is 15.2. The first-order chi connectivity index (χ1) is 31.4. The predicted octanol–water partition coefficient (Wildman–Crippen LogP) is 16.7. The molecule has 0 fully saturated rings. The van der Waals surface area contributed by atoms with E-state index in [0.717, 1.165) is 17.8 Å². The van der Waals surface area contributed by atoms with Crippen molar-refractivity contribution in [3.8, 4) is 0 Å². The molecule has 13 rings (SSSR count). The van der Waals surface area contributed by atoms with Gasteiger partial charge in [0.15, 0.2) is 0 Å². The van der Waals surface area contributed by atoms with Gasteiger partial charge in [0.2, 0.25) is 0 Å². The smallest absolute Gasteiger partial charge is 0.0621 e. The Bertz CT molecular complexity index is 3810. The van der Waals surface area contributed by atoms with Gasteiger partial charge in [0.1, 0.15) is 0 Å². The van der Waals surface area contributed by atoms with E-state index in [1.165, 1.54) is 104 Å². The fourth-order valence-electron chi connectivity index (χ4n) is 11.2. The van der Waals surface area contributed by atoms with Crippen LogP contribution in [0.3, 0.4) is 0 Å². The van der Waals surface area contributed by atoms with Crippen LogP contribution in [-0.2, 0) is 0 Å². The van der Waals surface area contributed by atoms with E-state index >= 15 is 0 Å². The quantitative estimate of drug-likeness (QED) is 0.152. The molecule has 0 saturated heterocycles. The number of nitrogens with zero attached hydrogens (tertiary/aromatic N) is 4. The molecule has 0 saturated carbocycles. The molecule has 0 aliphatic heterocycles. The maximum Gasteiger partial charge on any atom is 0.0621 e. The van der Waals surface area contributed by atoms with Crippen LogP contribution < -0.4 is 9.80 Å². The summed E-state index contributed by atoms with van der Waals surface area (Å²) in [7, 11) is 0. The lowest BCUT2D eigenvalue weighted by Crippen LogP contribution is -2.30. The van der Waals surface area contributed by atoms with E-state index in [-0.39, 0.29) is 6.04 Å². The summed E-state index contributed by atoms with van der Waals surface area (Å²) in [6.07, 6.45) is 9.99. The van der Waals surface area contributed by atoms with E-state index in [1.807, 2.05) is 0 Å². The van der Waals surface area contributed by atoms with Crippen LogP contribution in [0, 0.1) is 0 Å². The highest BCUT2D eigenvalue weighted by Gasteiger charge is 2.28. The van der Waals surface area contributed by atoms with Crippen LogP contribution in [0.4, 0.5) is 28.4 Å². The minimum Gasteiger partial charge on any atom is -0.334 e. The molecule has 12 aromatic rings. The monoisotopic (exact) mass is 824 g/mol. The molecular weight excluding hydrogens is 777 g/mol. The van der Waals surface area contributed by atoms with Crippen molar-refractivity contribution in [2.24, 2.45) is 0 Å². The number of para-hydroxylation sites is 3. The van der Waals surface area contributed by atoms with E-state index in [1.54, 1.807) is 0 Å². The van der Waals surface area contributed by atoms with Gasteiger partial charge in [0.25, 0.3) is 0 Å². The molecule has 1 aliphatic rings. The van der Waals surface area contributed by atoms with Crippen molar-refractivity contribution >= 4 is 105 Å². The molecule has 8 aromatic carbocycles. The first kappa shape index (κ1) is 37.0. The Kier molecular flexibility index (Phi) is 8.09. The van der Waals surface area contributed by atoms with Crippen LogP contribution in [0.5, 0.6) is 0 Å². The Hall–Kier alpha value is -7.56. The van der Waals surface area contributed by atoms with Crippen LogP contribution in [0.2, 0.25) is 0 Å². The topological polar surface area (TPSA) is 15.3 Å². The molecule has 4 nitrogen and oxygen atoms in total. The molecular formula is C60H48N4. The minimum absolute atomic E-state index is 0.205. The van der Waals surface area contributed by atoms with Crippen molar-refractivity contribution < 1.29 is 0 Å². The maximum atomic E-state index is 2.57. The van der Waals surface area contributed by atoms with Crippen LogP contribution in [0.1, 0.15) is 57.1 Å². The number of allylic oxidation sites excluding steroid dienone is 2. The summed E-state index contributed by atoms with van der Waals surface area (Å²) in [4.78, 5) is 5.01. The summed E-state index contributed by atoms with van der Waals surface area (Å²) in [5, 5.41) is 10.3. The van der Waals surface area contributed by atoms with Crippen molar-refractivity contribution in [3.05, 3.63) is 199 Å². The molecule has 64 heavy (non-hydrogen) atoms. The Balaban J connectivity index is 1.05. The lowest BCUT2D eigenvalue weighted by atomic mass is 9.99. The van der Waals surface area contributed by atoms with Crippen molar-refractivity contribution in [3.63, 3.8) is 0 Å². The Labute approximate surface area is 372 Å². The number of aromatic nitrogens is 2.